The Kier molecular flexibility index (Phi) is 5.64. The minimum absolute atomic E-state index is 0.568. The number of aliphatic imine (C=N–C) groups is 1. The molecule has 39 heavy (non-hydrogen) atoms. The van der Waals surface area contributed by atoms with Gasteiger partial charge in [0.2, 0.25) is 0 Å². The minimum atomic E-state index is 0.568. The van der Waals surface area contributed by atoms with E-state index >= 15 is 0 Å². The average molecular weight is 501 g/mol. The van der Waals surface area contributed by atoms with Crippen LogP contribution in [0.2, 0.25) is 0 Å². The van der Waals surface area contributed by atoms with E-state index in [1.165, 1.54) is 21.9 Å². The predicted molar refractivity (Wildman–Crippen MR) is 162 cm³/mol. The Morgan fingerprint density at radius 1 is 0.641 bits per heavy atom. The topological polar surface area (TPSA) is 51.0 Å². The number of hydrogen-bond acceptors (Lipinski definition) is 4. The summed E-state index contributed by atoms with van der Waals surface area (Å²) in [6.07, 6.45) is 5.48. The van der Waals surface area contributed by atoms with Gasteiger partial charge in [0.25, 0.3) is 0 Å². The first-order valence-corrected chi connectivity index (χ1v) is 12.9. The van der Waals surface area contributed by atoms with Gasteiger partial charge in [0, 0.05) is 34.9 Å². The third-order valence-electron chi connectivity index (χ3n) is 7.23. The zero-order valence-electron chi connectivity index (χ0n) is 21.3. The van der Waals surface area contributed by atoms with Gasteiger partial charge in [-0.1, -0.05) is 66.7 Å². The molecule has 0 N–H and O–H groups in total. The molecule has 7 rings (SSSR count). The van der Waals surface area contributed by atoms with Crippen molar-refractivity contribution in [3.8, 4) is 33.5 Å². The number of rotatable bonds is 5. The first-order valence-electron chi connectivity index (χ1n) is 12.9. The van der Waals surface area contributed by atoms with Gasteiger partial charge in [-0.3, -0.25) is 15.0 Å². The molecule has 0 atom stereocenters. The van der Waals surface area contributed by atoms with Gasteiger partial charge in [-0.05, 0) is 81.7 Å². The molecular weight excluding hydrogens is 476 g/mol. The molecule has 4 heteroatoms. The molecular formula is C35H24N4. The lowest BCUT2D eigenvalue weighted by Crippen LogP contribution is -1.92. The summed E-state index contributed by atoms with van der Waals surface area (Å²) in [7, 11) is 0. The van der Waals surface area contributed by atoms with Crippen LogP contribution in [0.15, 0.2) is 127 Å². The van der Waals surface area contributed by atoms with E-state index in [2.05, 4.69) is 107 Å². The van der Waals surface area contributed by atoms with Crippen LogP contribution in [0.5, 0.6) is 0 Å². The maximum Gasteiger partial charge on any atom is 0.0980 e. The monoisotopic (exact) mass is 500 g/mol. The van der Waals surface area contributed by atoms with Gasteiger partial charge in [0.15, 0.2) is 0 Å². The number of benzene rings is 4. The Labute approximate surface area is 226 Å². The summed E-state index contributed by atoms with van der Waals surface area (Å²) in [5, 5.41) is 4.52. The second-order valence-corrected chi connectivity index (χ2v) is 9.66. The van der Waals surface area contributed by atoms with E-state index in [1.807, 2.05) is 30.6 Å². The van der Waals surface area contributed by atoms with E-state index in [0.717, 1.165) is 49.8 Å². The molecule has 3 aromatic heterocycles. The van der Waals surface area contributed by atoms with Gasteiger partial charge in [0.05, 0.1) is 23.3 Å². The molecule has 0 saturated heterocycles. The van der Waals surface area contributed by atoms with Crippen LogP contribution in [-0.2, 0) is 6.54 Å². The van der Waals surface area contributed by atoms with Crippen LogP contribution in [0.3, 0.4) is 0 Å². The Hall–Kier alpha value is -5.22. The largest absolute Gasteiger partial charge is 0.296 e. The highest BCUT2D eigenvalue weighted by Crippen LogP contribution is 2.35. The summed E-state index contributed by atoms with van der Waals surface area (Å²) in [6.45, 7) is 4.30. The third kappa shape index (κ3) is 4.12. The maximum absolute atomic E-state index is 4.99. The molecule has 4 nitrogen and oxygen atoms in total. The predicted octanol–water partition coefficient (Wildman–Crippen LogP) is 8.53. The van der Waals surface area contributed by atoms with Crippen LogP contribution in [0.25, 0.3) is 66.1 Å². The summed E-state index contributed by atoms with van der Waals surface area (Å²) < 4.78 is 0. The van der Waals surface area contributed by atoms with E-state index in [1.54, 1.807) is 6.20 Å². The minimum Gasteiger partial charge on any atom is -0.296 e. The Morgan fingerprint density at radius 3 is 2.36 bits per heavy atom. The third-order valence-corrected chi connectivity index (χ3v) is 7.23. The fourth-order valence-electron chi connectivity index (χ4n) is 5.42. The summed E-state index contributed by atoms with van der Waals surface area (Å²) in [6, 6.07) is 36.3. The Bertz CT molecular complexity index is 2000. The average Bonchev–Trinajstić information content (AvgIpc) is 3.00. The van der Waals surface area contributed by atoms with E-state index in [-0.39, 0.29) is 0 Å². The smallest absolute Gasteiger partial charge is 0.0980 e. The van der Waals surface area contributed by atoms with Crippen molar-refractivity contribution < 1.29 is 0 Å². The van der Waals surface area contributed by atoms with Crippen LogP contribution < -0.4 is 0 Å². The normalized spacial score (nSPS) is 11.3. The summed E-state index contributed by atoms with van der Waals surface area (Å²) in [5.74, 6) is 0. The summed E-state index contributed by atoms with van der Waals surface area (Å²) in [5.41, 5.74) is 9.53. The molecule has 0 saturated carbocycles. The van der Waals surface area contributed by atoms with Crippen molar-refractivity contribution in [2.75, 3.05) is 0 Å². The molecule has 0 aliphatic carbocycles. The Morgan fingerprint density at radius 2 is 1.46 bits per heavy atom. The summed E-state index contributed by atoms with van der Waals surface area (Å²) in [4.78, 5) is 18.1. The van der Waals surface area contributed by atoms with Crippen LogP contribution in [0.1, 0.15) is 5.56 Å². The van der Waals surface area contributed by atoms with Gasteiger partial charge in [-0.15, -0.1) is 0 Å². The number of hydrogen-bond donors (Lipinski definition) is 0. The zero-order valence-corrected chi connectivity index (χ0v) is 21.3. The van der Waals surface area contributed by atoms with Crippen molar-refractivity contribution in [1.82, 2.24) is 15.0 Å². The van der Waals surface area contributed by atoms with Crippen LogP contribution in [-0.4, -0.2) is 21.7 Å². The number of pyridine rings is 3. The van der Waals surface area contributed by atoms with Gasteiger partial charge in [-0.2, -0.15) is 0 Å². The first kappa shape index (κ1) is 22.9. The molecule has 0 bridgehead atoms. The number of nitrogens with zero attached hydrogens (tertiary/aromatic N) is 4. The van der Waals surface area contributed by atoms with E-state index in [4.69, 9.17) is 4.98 Å². The van der Waals surface area contributed by atoms with Gasteiger partial charge in [0.1, 0.15) is 0 Å². The van der Waals surface area contributed by atoms with Crippen LogP contribution in [0.4, 0.5) is 0 Å². The molecule has 0 unspecified atom stereocenters. The van der Waals surface area contributed by atoms with Crippen molar-refractivity contribution in [3.63, 3.8) is 0 Å². The van der Waals surface area contributed by atoms with Crippen molar-refractivity contribution >= 4 is 39.3 Å². The molecule has 0 aliphatic rings. The molecule has 0 fully saturated rings. The van der Waals surface area contributed by atoms with Crippen molar-refractivity contribution in [2.24, 2.45) is 4.99 Å². The van der Waals surface area contributed by atoms with Gasteiger partial charge in [-0.25, -0.2) is 4.98 Å². The lowest BCUT2D eigenvalue weighted by Gasteiger charge is -2.13. The number of aromatic nitrogens is 3. The van der Waals surface area contributed by atoms with Gasteiger partial charge < -0.3 is 0 Å². The van der Waals surface area contributed by atoms with Crippen LogP contribution >= 0.6 is 0 Å². The van der Waals surface area contributed by atoms with E-state index in [9.17, 15) is 0 Å². The Balaban J connectivity index is 1.35. The highest BCUT2D eigenvalue weighted by atomic mass is 14.8. The maximum atomic E-state index is 4.99. The van der Waals surface area contributed by atoms with E-state index in [0.29, 0.717) is 6.54 Å². The standard InChI is InChI=1S/C35H24N4/c1-36-21-23-18-27(20-28(19-23)30-9-4-7-25-6-2-3-8-29(25)30)24-11-13-26(14-12-24)34-31-15-17-37-22-32(31)35-33(39-34)10-5-16-38-35/h2-20,22H,1,21H2. The van der Waals surface area contributed by atoms with Gasteiger partial charge >= 0.3 is 0 Å². The first-order chi connectivity index (χ1) is 19.3. The molecule has 0 aliphatic heterocycles. The fraction of sp³-hybridized carbons (Fsp3) is 0.0286. The molecule has 7 aromatic rings. The fourth-order valence-corrected chi connectivity index (χ4v) is 5.42. The number of fused-ring (bicyclic) bond motifs is 4. The van der Waals surface area contributed by atoms with Crippen molar-refractivity contribution in [2.45, 2.75) is 6.54 Å². The molecule has 4 aromatic carbocycles. The quantitative estimate of drug-likeness (QED) is 0.176. The molecule has 3 heterocycles. The molecule has 0 radical (unpaired) electrons. The lowest BCUT2D eigenvalue weighted by atomic mass is 9.92. The lowest BCUT2D eigenvalue weighted by molar-refractivity contribution is 1.08. The molecule has 0 amide bonds. The summed E-state index contributed by atoms with van der Waals surface area (Å²) >= 11 is 0. The second-order valence-electron chi connectivity index (χ2n) is 9.66. The zero-order chi connectivity index (χ0) is 26.2. The molecule has 184 valence electrons. The second kappa shape index (κ2) is 9.58. The van der Waals surface area contributed by atoms with E-state index < -0.39 is 0 Å². The molecule has 0 spiro atoms. The SMILES string of the molecule is C=NCc1cc(-c2ccc(-c3nc4cccnc4c4cnccc34)cc2)cc(-c2cccc3ccccc23)c1. The van der Waals surface area contributed by atoms with Crippen molar-refractivity contribution in [1.29, 1.82) is 0 Å². The van der Waals surface area contributed by atoms with Crippen molar-refractivity contribution in [3.05, 3.63) is 127 Å². The van der Waals surface area contributed by atoms with Crippen LogP contribution in [0, 0.1) is 0 Å². The highest BCUT2D eigenvalue weighted by Gasteiger charge is 2.12. The highest BCUT2D eigenvalue weighted by molar-refractivity contribution is 6.08.